The van der Waals surface area contributed by atoms with E-state index in [1.165, 1.54) is 0 Å². The maximum Gasteiger partial charge on any atom is 0.238 e. The molecule has 2 aromatic carbocycles. The molecule has 0 aromatic heterocycles. The maximum absolute atomic E-state index is 12.0. The van der Waals surface area contributed by atoms with Crippen molar-refractivity contribution in [1.82, 2.24) is 10.4 Å². The number of methoxy groups -OCH3 is 1. The molecular formula is C15H17BrN2O2. The normalized spacial score (nSPS) is 10.8. The van der Waals surface area contributed by atoms with Gasteiger partial charge in [0.15, 0.2) is 0 Å². The first-order chi connectivity index (χ1) is 9.51. The second kappa shape index (κ2) is 6.24. The molecule has 2 aromatic rings. The van der Waals surface area contributed by atoms with Gasteiger partial charge in [0.25, 0.3) is 0 Å². The SMILES string of the molecule is COc1ccc2cc(Br)ccc2c1CC(=O)NN(C)C. The van der Waals surface area contributed by atoms with Gasteiger partial charge in [0.05, 0.1) is 13.5 Å². The lowest BCUT2D eigenvalue weighted by Gasteiger charge is -2.15. The average Bonchev–Trinajstić information content (AvgIpc) is 2.37. The van der Waals surface area contributed by atoms with Gasteiger partial charge in [0.1, 0.15) is 5.75 Å². The number of carbonyl (C=O) groups is 1. The number of rotatable bonds is 4. The molecule has 1 amide bonds. The zero-order valence-corrected chi connectivity index (χ0v) is 13.3. The van der Waals surface area contributed by atoms with Crippen LogP contribution in [-0.4, -0.2) is 32.1 Å². The Kier molecular flexibility index (Phi) is 4.62. The van der Waals surface area contributed by atoms with Crippen LogP contribution in [0, 0.1) is 0 Å². The minimum atomic E-state index is -0.0660. The molecule has 0 bridgehead atoms. The Bertz CT molecular complexity index is 641. The van der Waals surface area contributed by atoms with E-state index >= 15 is 0 Å². The highest BCUT2D eigenvalue weighted by molar-refractivity contribution is 9.10. The van der Waals surface area contributed by atoms with Gasteiger partial charge in [-0.15, -0.1) is 0 Å². The van der Waals surface area contributed by atoms with Crippen LogP contribution in [0.2, 0.25) is 0 Å². The summed E-state index contributed by atoms with van der Waals surface area (Å²) in [5, 5.41) is 3.74. The van der Waals surface area contributed by atoms with Crippen molar-refractivity contribution in [3.8, 4) is 5.75 Å². The zero-order valence-electron chi connectivity index (χ0n) is 11.7. The second-order valence-electron chi connectivity index (χ2n) is 4.72. The molecule has 106 valence electrons. The first-order valence-electron chi connectivity index (χ1n) is 6.23. The van der Waals surface area contributed by atoms with Crippen molar-refractivity contribution in [3.05, 3.63) is 40.4 Å². The molecule has 0 fully saturated rings. The summed E-state index contributed by atoms with van der Waals surface area (Å²) in [4.78, 5) is 12.0. The van der Waals surface area contributed by atoms with E-state index < -0.39 is 0 Å². The number of benzene rings is 2. The first-order valence-corrected chi connectivity index (χ1v) is 7.02. The van der Waals surface area contributed by atoms with Crippen molar-refractivity contribution in [2.45, 2.75) is 6.42 Å². The molecule has 4 nitrogen and oxygen atoms in total. The highest BCUT2D eigenvalue weighted by Crippen LogP contribution is 2.30. The summed E-state index contributed by atoms with van der Waals surface area (Å²) < 4.78 is 6.40. The van der Waals surface area contributed by atoms with E-state index in [1.807, 2.05) is 30.3 Å². The third-order valence-electron chi connectivity index (χ3n) is 2.96. The molecule has 0 spiro atoms. The third kappa shape index (κ3) is 3.29. The van der Waals surface area contributed by atoms with Crippen LogP contribution < -0.4 is 10.2 Å². The number of ether oxygens (including phenoxy) is 1. The summed E-state index contributed by atoms with van der Waals surface area (Å²) in [6.45, 7) is 0. The van der Waals surface area contributed by atoms with Crippen LogP contribution in [0.3, 0.4) is 0 Å². The van der Waals surface area contributed by atoms with Crippen LogP contribution in [0.1, 0.15) is 5.56 Å². The van der Waals surface area contributed by atoms with Crippen molar-refractivity contribution in [3.63, 3.8) is 0 Å². The van der Waals surface area contributed by atoms with Crippen molar-refractivity contribution in [1.29, 1.82) is 0 Å². The molecule has 0 unspecified atom stereocenters. The molecular weight excluding hydrogens is 320 g/mol. The fourth-order valence-electron chi connectivity index (χ4n) is 2.17. The molecule has 0 saturated carbocycles. The Morgan fingerprint density at radius 2 is 2.05 bits per heavy atom. The standard InChI is InChI=1S/C15H17BrN2O2/c1-18(2)17-15(19)9-13-12-6-5-11(16)8-10(12)4-7-14(13)20-3/h4-8H,9H2,1-3H3,(H,17,19). The van der Waals surface area contributed by atoms with E-state index in [-0.39, 0.29) is 12.3 Å². The Hall–Kier alpha value is -1.59. The summed E-state index contributed by atoms with van der Waals surface area (Å²) >= 11 is 3.46. The zero-order chi connectivity index (χ0) is 14.7. The first kappa shape index (κ1) is 14.8. The van der Waals surface area contributed by atoms with E-state index in [4.69, 9.17) is 4.74 Å². The van der Waals surface area contributed by atoms with Crippen LogP contribution >= 0.6 is 15.9 Å². The van der Waals surface area contributed by atoms with Crippen LogP contribution in [0.15, 0.2) is 34.8 Å². The minimum Gasteiger partial charge on any atom is -0.496 e. The van der Waals surface area contributed by atoms with Gasteiger partial charge in [-0.05, 0) is 29.0 Å². The number of hydrogen-bond acceptors (Lipinski definition) is 3. The van der Waals surface area contributed by atoms with Crippen molar-refractivity contribution < 1.29 is 9.53 Å². The molecule has 0 radical (unpaired) electrons. The summed E-state index contributed by atoms with van der Waals surface area (Å²) in [6, 6.07) is 9.89. The number of carbonyl (C=O) groups excluding carboxylic acids is 1. The highest BCUT2D eigenvalue weighted by atomic mass is 79.9. The molecule has 0 saturated heterocycles. The Balaban J connectivity index is 2.45. The summed E-state index contributed by atoms with van der Waals surface area (Å²) in [6.07, 6.45) is 0.278. The van der Waals surface area contributed by atoms with Crippen LogP contribution in [-0.2, 0) is 11.2 Å². The summed E-state index contributed by atoms with van der Waals surface area (Å²) in [7, 11) is 5.19. The highest BCUT2D eigenvalue weighted by Gasteiger charge is 2.13. The van der Waals surface area contributed by atoms with Gasteiger partial charge < -0.3 is 4.74 Å². The number of hydrazine groups is 1. The quantitative estimate of drug-likeness (QED) is 0.873. The lowest BCUT2D eigenvalue weighted by molar-refractivity contribution is -0.124. The summed E-state index contributed by atoms with van der Waals surface area (Å²) in [5.41, 5.74) is 3.65. The number of hydrogen-bond donors (Lipinski definition) is 1. The molecule has 1 N–H and O–H groups in total. The van der Waals surface area contributed by atoms with Gasteiger partial charge >= 0.3 is 0 Å². The van der Waals surface area contributed by atoms with Gasteiger partial charge in [-0.25, -0.2) is 5.01 Å². The minimum absolute atomic E-state index is 0.0660. The lowest BCUT2D eigenvalue weighted by Crippen LogP contribution is -2.37. The van der Waals surface area contributed by atoms with Crippen molar-refractivity contribution >= 4 is 32.6 Å². The molecule has 5 heteroatoms. The molecule has 0 aliphatic heterocycles. The van der Waals surface area contributed by atoms with E-state index in [9.17, 15) is 4.79 Å². The van der Waals surface area contributed by atoms with Crippen LogP contribution in [0.25, 0.3) is 10.8 Å². The fraction of sp³-hybridized carbons (Fsp3) is 0.267. The number of fused-ring (bicyclic) bond motifs is 1. The van der Waals surface area contributed by atoms with E-state index in [1.54, 1.807) is 26.2 Å². The Morgan fingerprint density at radius 1 is 1.30 bits per heavy atom. The maximum atomic E-state index is 12.0. The number of amides is 1. The van der Waals surface area contributed by atoms with E-state index in [0.29, 0.717) is 0 Å². The summed E-state index contributed by atoms with van der Waals surface area (Å²) in [5.74, 6) is 0.664. The number of nitrogens with zero attached hydrogens (tertiary/aromatic N) is 1. The molecule has 20 heavy (non-hydrogen) atoms. The van der Waals surface area contributed by atoms with E-state index in [2.05, 4.69) is 21.4 Å². The van der Waals surface area contributed by atoms with Crippen LogP contribution in [0.4, 0.5) is 0 Å². The van der Waals surface area contributed by atoms with E-state index in [0.717, 1.165) is 26.6 Å². The average molecular weight is 337 g/mol. The van der Waals surface area contributed by atoms with Gasteiger partial charge in [-0.2, -0.15) is 0 Å². The topological polar surface area (TPSA) is 41.6 Å². The van der Waals surface area contributed by atoms with Crippen LogP contribution in [0.5, 0.6) is 5.75 Å². The lowest BCUT2D eigenvalue weighted by atomic mass is 10.0. The number of nitrogens with one attached hydrogen (secondary N) is 1. The molecule has 0 aliphatic carbocycles. The van der Waals surface area contributed by atoms with Gasteiger partial charge in [0, 0.05) is 24.1 Å². The molecule has 2 rings (SSSR count). The molecule has 0 atom stereocenters. The third-order valence-corrected chi connectivity index (χ3v) is 3.45. The van der Waals surface area contributed by atoms with Gasteiger partial charge in [0.2, 0.25) is 5.91 Å². The second-order valence-corrected chi connectivity index (χ2v) is 5.63. The fourth-order valence-corrected chi connectivity index (χ4v) is 2.55. The Morgan fingerprint density at radius 3 is 2.70 bits per heavy atom. The van der Waals surface area contributed by atoms with Crippen molar-refractivity contribution in [2.24, 2.45) is 0 Å². The number of halogens is 1. The smallest absolute Gasteiger partial charge is 0.238 e. The van der Waals surface area contributed by atoms with Gasteiger partial charge in [-0.1, -0.05) is 28.1 Å². The van der Waals surface area contributed by atoms with Crippen molar-refractivity contribution in [2.75, 3.05) is 21.2 Å². The molecule has 0 aliphatic rings. The Labute approximate surface area is 126 Å². The molecule has 0 heterocycles. The predicted octanol–water partition coefficient (Wildman–Crippen LogP) is 2.75. The van der Waals surface area contributed by atoms with Gasteiger partial charge in [-0.3, -0.25) is 10.2 Å². The largest absolute Gasteiger partial charge is 0.496 e. The monoisotopic (exact) mass is 336 g/mol. The predicted molar refractivity (Wildman–Crippen MR) is 83.7 cm³/mol.